The monoisotopic (exact) mass is 207 g/mol. The molecule has 0 bridgehead atoms. The summed E-state index contributed by atoms with van der Waals surface area (Å²) in [5.41, 5.74) is 6.55. The molecular weight excluding hydrogens is 194 g/mol. The minimum Gasteiger partial charge on any atom is -0.740 e. The van der Waals surface area contributed by atoms with Gasteiger partial charge in [-0.25, -0.2) is 9.71 Å². The van der Waals surface area contributed by atoms with Gasteiger partial charge in [-0.2, -0.15) is 0 Å². The lowest BCUT2D eigenvalue weighted by Crippen LogP contribution is -2.31. The van der Waals surface area contributed by atoms with Gasteiger partial charge in [-0.15, -0.1) is 0 Å². The number of rotatable bonds is 0. The summed E-state index contributed by atoms with van der Waals surface area (Å²) in [7, 11) is 0. The molecule has 0 spiro atoms. The quantitative estimate of drug-likeness (QED) is 0.500. The normalized spacial score (nSPS) is 12.2. The number of fused-ring (bicyclic) bond motifs is 1. The van der Waals surface area contributed by atoms with Crippen molar-refractivity contribution < 1.29 is 4.73 Å². The van der Waals surface area contributed by atoms with Crippen LogP contribution in [-0.2, 0) is 5.54 Å². The highest BCUT2D eigenvalue weighted by Crippen LogP contribution is 2.21. The molecule has 0 aliphatic carbocycles. The zero-order chi connectivity index (χ0) is 11.2. The zero-order valence-corrected chi connectivity index (χ0v) is 8.93. The van der Waals surface area contributed by atoms with Crippen LogP contribution in [0.5, 0.6) is 0 Å². The molecular formula is C9H13N5O. The molecule has 6 nitrogen and oxygen atoms in total. The second-order valence-electron chi connectivity index (χ2n) is 4.41. The van der Waals surface area contributed by atoms with Crippen molar-refractivity contribution in [2.45, 2.75) is 26.3 Å². The molecule has 0 aromatic carbocycles. The molecule has 0 unspecified atom stereocenters. The molecule has 2 aromatic heterocycles. The van der Waals surface area contributed by atoms with Crippen LogP contribution in [0.2, 0.25) is 0 Å². The van der Waals surface area contributed by atoms with Gasteiger partial charge in [0.2, 0.25) is 12.0 Å². The molecule has 80 valence electrons. The first-order valence-corrected chi connectivity index (χ1v) is 4.62. The van der Waals surface area contributed by atoms with Gasteiger partial charge in [-0.1, -0.05) is 4.98 Å². The third-order valence-corrected chi connectivity index (χ3v) is 2.23. The third-order valence-electron chi connectivity index (χ3n) is 2.23. The molecule has 0 fully saturated rings. The average molecular weight is 207 g/mol. The Kier molecular flexibility index (Phi) is 1.82. The van der Waals surface area contributed by atoms with E-state index in [1.54, 1.807) is 6.33 Å². The molecule has 0 saturated heterocycles. The summed E-state index contributed by atoms with van der Waals surface area (Å²) in [5, 5.41) is 11.2. The summed E-state index contributed by atoms with van der Waals surface area (Å²) in [6.07, 6.45) is 2.80. The van der Waals surface area contributed by atoms with E-state index in [4.69, 9.17) is 5.73 Å². The standard InChI is InChI=1S/C9H13N5O/c1-9(2,3)13-4-11-6-7(10)14(15)5-12-8(6)13/h4-5H,10H2,1-3H3. The van der Waals surface area contributed by atoms with E-state index in [1.807, 2.05) is 25.3 Å². The zero-order valence-electron chi connectivity index (χ0n) is 8.93. The van der Waals surface area contributed by atoms with Crippen LogP contribution in [0.1, 0.15) is 20.8 Å². The van der Waals surface area contributed by atoms with E-state index >= 15 is 0 Å². The average Bonchev–Trinajstić information content (AvgIpc) is 2.54. The van der Waals surface area contributed by atoms with Gasteiger partial charge in [0, 0.05) is 5.54 Å². The maximum Gasteiger partial charge on any atom is 0.251 e. The molecule has 0 radical (unpaired) electrons. The fourth-order valence-corrected chi connectivity index (χ4v) is 1.41. The predicted molar refractivity (Wildman–Crippen MR) is 55.9 cm³/mol. The SMILES string of the molecule is CC(C)(C)n1cnc2c(N)[n+]([O-])cnc21. The van der Waals surface area contributed by atoms with Gasteiger partial charge < -0.3 is 10.9 Å². The number of anilines is 1. The Bertz CT molecular complexity index is 511. The number of aromatic nitrogens is 4. The van der Waals surface area contributed by atoms with Gasteiger partial charge in [0.25, 0.3) is 5.82 Å². The summed E-state index contributed by atoms with van der Waals surface area (Å²) in [5.74, 6) is 0.0861. The van der Waals surface area contributed by atoms with E-state index in [0.717, 1.165) is 6.33 Å². The maximum absolute atomic E-state index is 11.2. The van der Waals surface area contributed by atoms with Gasteiger partial charge in [-0.05, 0) is 20.8 Å². The van der Waals surface area contributed by atoms with Crippen molar-refractivity contribution in [2.75, 3.05) is 5.73 Å². The third kappa shape index (κ3) is 1.38. The van der Waals surface area contributed by atoms with E-state index in [1.165, 1.54) is 0 Å². The van der Waals surface area contributed by atoms with Crippen molar-refractivity contribution in [1.29, 1.82) is 0 Å². The summed E-state index contributed by atoms with van der Waals surface area (Å²) in [6.45, 7) is 6.10. The summed E-state index contributed by atoms with van der Waals surface area (Å²) < 4.78 is 2.40. The maximum atomic E-state index is 11.2. The first-order chi connectivity index (χ1) is 6.91. The number of hydrogen-bond donors (Lipinski definition) is 1. The Labute approximate surface area is 86.9 Å². The molecule has 15 heavy (non-hydrogen) atoms. The summed E-state index contributed by atoms with van der Waals surface area (Å²) >= 11 is 0. The number of hydrogen-bond acceptors (Lipinski definition) is 4. The van der Waals surface area contributed by atoms with E-state index in [9.17, 15) is 5.21 Å². The van der Waals surface area contributed by atoms with Crippen molar-refractivity contribution in [3.63, 3.8) is 0 Å². The van der Waals surface area contributed by atoms with Gasteiger partial charge in [0.1, 0.15) is 0 Å². The second-order valence-corrected chi connectivity index (χ2v) is 4.41. The Morgan fingerprint density at radius 2 is 2.07 bits per heavy atom. The fourth-order valence-electron chi connectivity index (χ4n) is 1.41. The molecule has 0 aliphatic rings. The van der Waals surface area contributed by atoms with Crippen molar-refractivity contribution in [1.82, 2.24) is 14.5 Å². The molecule has 0 saturated carbocycles. The van der Waals surface area contributed by atoms with E-state index in [2.05, 4.69) is 9.97 Å². The molecule has 0 aliphatic heterocycles. The second kappa shape index (κ2) is 2.82. The van der Waals surface area contributed by atoms with Crippen LogP contribution in [0.3, 0.4) is 0 Å². The number of nitrogen functional groups attached to an aromatic ring is 1. The van der Waals surface area contributed by atoms with Crippen LogP contribution in [0.25, 0.3) is 11.2 Å². The minimum absolute atomic E-state index is 0.0861. The van der Waals surface area contributed by atoms with Crippen LogP contribution in [0.15, 0.2) is 12.7 Å². The van der Waals surface area contributed by atoms with Crippen molar-refractivity contribution in [3.05, 3.63) is 17.9 Å². The molecule has 2 N–H and O–H groups in total. The molecule has 0 amide bonds. The van der Waals surface area contributed by atoms with E-state index in [-0.39, 0.29) is 11.4 Å². The van der Waals surface area contributed by atoms with Gasteiger partial charge >= 0.3 is 0 Å². The van der Waals surface area contributed by atoms with Crippen molar-refractivity contribution >= 4 is 17.0 Å². The van der Waals surface area contributed by atoms with E-state index in [0.29, 0.717) is 15.9 Å². The van der Waals surface area contributed by atoms with Crippen LogP contribution in [0, 0.1) is 5.21 Å². The highest BCUT2D eigenvalue weighted by atomic mass is 16.5. The van der Waals surface area contributed by atoms with Crippen LogP contribution in [-0.4, -0.2) is 14.5 Å². The Morgan fingerprint density at radius 1 is 1.40 bits per heavy atom. The van der Waals surface area contributed by atoms with Crippen LogP contribution in [0.4, 0.5) is 5.82 Å². The van der Waals surface area contributed by atoms with Crippen LogP contribution >= 0.6 is 0 Å². The Balaban J connectivity index is 2.78. The van der Waals surface area contributed by atoms with Crippen LogP contribution < -0.4 is 10.5 Å². The summed E-state index contributed by atoms with van der Waals surface area (Å²) in [4.78, 5) is 8.14. The molecule has 6 heteroatoms. The smallest absolute Gasteiger partial charge is 0.251 e. The molecule has 2 rings (SSSR count). The first-order valence-electron chi connectivity index (χ1n) is 4.62. The van der Waals surface area contributed by atoms with Crippen molar-refractivity contribution in [2.24, 2.45) is 0 Å². The molecule has 2 aromatic rings. The number of nitrogens with two attached hydrogens (primary N) is 1. The van der Waals surface area contributed by atoms with Gasteiger partial charge in [0.05, 0.1) is 6.33 Å². The highest BCUT2D eigenvalue weighted by Gasteiger charge is 2.21. The van der Waals surface area contributed by atoms with Gasteiger partial charge in [-0.3, -0.25) is 4.57 Å². The first kappa shape index (κ1) is 9.70. The molecule has 2 heterocycles. The lowest BCUT2D eigenvalue weighted by atomic mass is 10.1. The number of nitrogens with zero attached hydrogens (tertiary/aromatic N) is 4. The Morgan fingerprint density at radius 3 is 2.67 bits per heavy atom. The topological polar surface area (TPSA) is 83.7 Å². The fraction of sp³-hybridized carbons (Fsp3) is 0.444. The van der Waals surface area contributed by atoms with E-state index < -0.39 is 0 Å². The predicted octanol–water partition coefficient (Wildman–Crippen LogP) is 0.402. The number of imidazole rings is 1. The largest absolute Gasteiger partial charge is 0.740 e. The van der Waals surface area contributed by atoms with Gasteiger partial charge in [0.15, 0.2) is 5.52 Å². The highest BCUT2D eigenvalue weighted by molar-refractivity contribution is 5.79. The Hall–Kier alpha value is -1.85. The minimum atomic E-state index is -0.136. The van der Waals surface area contributed by atoms with Crippen molar-refractivity contribution in [3.8, 4) is 0 Å². The summed E-state index contributed by atoms with van der Waals surface area (Å²) in [6, 6.07) is 0. The lowest BCUT2D eigenvalue weighted by molar-refractivity contribution is -0.592. The lowest BCUT2D eigenvalue weighted by Gasteiger charge is -2.19. The molecule has 0 atom stereocenters.